The Bertz CT molecular complexity index is 371. The Labute approximate surface area is 144 Å². The smallest absolute Gasteiger partial charge is 0.186 e. The van der Waals surface area contributed by atoms with E-state index < -0.39 is 30.7 Å². The highest BCUT2D eigenvalue weighted by molar-refractivity contribution is 4.91. The van der Waals surface area contributed by atoms with Gasteiger partial charge in [0.05, 0.1) is 19.8 Å². The topological polar surface area (TPSA) is 88.4 Å². The third kappa shape index (κ3) is 7.01. The van der Waals surface area contributed by atoms with Gasteiger partial charge in [0.25, 0.3) is 0 Å². The van der Waals surface area contributed by atoms with E-state index >= 15 is 0 Å². The lowest BCUT2D eigenvalue weighted by atomic mass is 9.99. The van der Waals surface area contributed by atoms with E-state index in [1.807, 2.05) is 24.3 Å². The van der Waals surface area contributed by atoms with Crippen LogP contribution >= 0.6 is 0 Å². The van der Waals surface area contributed by atoms with Gasteiger partial charge >= 0.3 is 0 Å². The number of allylic oxidation sites excluding steroid dienone is 2. The second-order valence-corrected chi connectivity index (χ2v) is 5.75. The van der Waals surface area contributed by atoms with Gasteiger partial charge in [-0.05, 0) is 25.7 Å². The molecule has 0 amide bonds. The zero-order valence-electron chi connectivity index (χ0n) is 14.7. The predicted octanol–water partition coefficient (Wildman–Crippen LogP) is 1.54. The minimum absolute atomic E-state index is 0.389. The van der Waals surface area contributed by atoms with Gasteiger partial charge in [-0.1, -0.05) is 38.2 Å². The molecule has 1 unspecified atom stereocenters. The number of rotatable bonds is 11. The molecule has 1 aliphatic rings. The number of aliphatic hydroxyl groups is 3. The molecular weight excluding hydrogens is 312 g/mol. The monoisotopic (exact) mass is 344 g/mol. The van der Waals surface area contributed by atoms with E-state index in [0.29, 0.717) is 19.6 Å². The summed E-state index contributed by atoms with van der Waals surface area (Å²) in [7, 11) is 0. The van der Waals surface area contributed by atoms with Crippen molar-refractivity contribution in [2.24, 2.45) is 0 Å². The maximum atomic E-state index is 10.3. The van der Waals surface area contributed by atoms with E-state index in [2.05, 4.69) is 13.8 Å². The van der Waals surface area contributed by atoms with Crippen LogP contribution in [0.5, 0.6) is 0 Å². The van der Waals surface area contributed by atoms with Crippen molar-refractivity contribution in [3.63, 3.8) is 0 Å². The molecule has 140 valence electrons. The highest BCUT2D eigenvalue weighted by atomic mass is 16.7. The summed E-state index contributed by atoms with van der Waals surface area (Å²) >= 11 is 0. The Morgan fingerprint density at radius 3 is 2.00 bits per heavy atom. The largest absolute Gasteiger partial charge is 0.394 e. The summed E-state index contributed by atoms with van der Waals surface area (Å²) in [6.45, 7) is 4.53. The average Bonchev–Trinajstić information content (AvgIpc) is 2.59. The van der Waals surface area contributed by atoms with E-state index in [9.17, 15) is 15.3 Å². The first-order chi connectivity index (χ1) is 11.7. The highest BCUT2D eigenvalue weighted by Gasteiger charge is 2.45. The molecule has 0 aromatic rings. The lowest BCUT2D eigenvalue weighted by molar-refractivity contribution is -0.309. The molecule has 6 heteroatoms. The second-order valence-electron chi connectivity index (χ2n) is 5.75. The molecule has 5 atom stereocenters. The molecule has 1 heterocycles. The van der Waals surface area contributed by atoms with Gasteiger partial charge in [-0.25, -0.2) is 0 Å². The maximum Gasteiger partial charge on any atom is 0.186 e. The Morgan fingerprint density at radius 2 is 1.46 bits per heavy atom. The minimum Gasteiger partial charge on any atom is -0.394 e. The van der Waals surface area contributed by atoms with Crippen LogP contribution in [0.4, 0.5) is 0 Å². The van der Waals surface area contributed by atoms with Gasteiger partial charge in [-0.3, -0.25) is 0 Å². The summed E-state index contributed by atoms with van der Waals surface area (Å²) in [5.41, 5.74) is 0. The van der Waals surface area contributed by atoms with Crippen molar-refractivity contribution in [3.05, 3.63) is 24.3 Å². The van der Waals surface area contributed by atoms with Gasteiger partial charge in [0, 0.05) is 0 Å². The number of hydrogen-bond donors (Lipinski definition) is 3. The standard InChI is InChI=1S/C18H32O6/c1-3-5-7-9-11-22-17-16(21)15(20)14(13-19)24-18(17)23-12-10-8-6-4-2/h5-8,14-21H,3-4,9-13H2,1-2H3/b7-5-,8-6-/t14-,15+,16+,17-,18?/m1/s1. The van der Waals surface area contributed by atoms with Crippen LogP contribution in [0, 0.1) is 0 Å². The summed E-state index contributed by atoms with van der Waals surface area (Å²) in [6.07, 6.45) is 6.64. The van der Waals surface area contributed by atoms with Crippen LogP contribution in [-0.2, 0) is 14.2 Å². The van der Waals surface area contributed by atoms with Crippen LogP contribution < -0.4 is 0 Å². The van der Waals surface area contributed by atoms with Crippen LogP contribution in [0.2, 0.25) is 0 Å². The average molecular weight is 344 g/mol. The summed E-state index contributed by atoms with van der Waals surface area (Å²) in [6, 6.07) is 0. The number of aliphatic hydroxyl groups excluding tert-OH is 3. The lowest BCUT2D eigenvalue weighted by Crippen LogP contribution is -2.60. The molecule has 24 heavy (non-hydrogen) atoms. The van der Waals surface area contributed by atoms with Crippen molar-refractivity contribution >= 4 is 0 Å². The van der Waals surface area contributed by atoms with Crippen LogP contribution in [0.1, 0.15) is 39.5 Å². The molecule has 6 nitrogen and oxygen atoms in total. The summed E-state index contributed by atoms with van der Waals surface area (Å²) in [4.78, 5) is 0. The number of ether oxygens (including phenoxy) is 3. The fourth-order valence-electron chi connectivity index (χ4n) is 2.46. The van der Waals surface area contributed by atoms with Crippen LogP contribution in [0.3, 0.4) is 0 Å². The third-order valence-corrected chi connectivity index (χ3v) is 3.79. The SMILES string of the molecule is CC/C=C\CCOC1O[C@H](CO)[C@H](O)[C@H](O)[C@H]1OCC/C=C\CC. The summed E-state index contributed by atoms with van der Waals surface area (Å²) in [5, 5.41) is 29.6. The maximum absolute atomic E-state index is 10.3. The van der Waals surface area contributed by atoms with E-state index in [1.54, 1.807) is 0 Å². The molecule has 0 saturated carbocycles. The zero-order valence-corrected chi connectivity index (χ0v) is 14.7. The molecular formula is C18H32O6. The van der Waals surface area contributed by atoms with Crippen molar-refractivity contribution in [3.8, 4) is 0 Å². The molecule has 0 aliphatic carbocycles. The highest BCUT2D eigenvalue weighted by Crippen LogP contribution is 2.24. The predicted molar refractivity (Wildman–Crippen MR) is 91.5 cm³/mol. The first-order valence-electron chi connectivity index (χ1n) is 8.81. The van der Waals surface area contributed by atoms with Gasteiger partial charge in [0.15, 0.2) is 6.29 Å². The van der Waals surface area contributed by atoms with Crippen LogP contribution in [0.15, 0.2) is 24.3 Å². The number of hydrogen-bond acceptors (Lipinski definition) is 6. The molecule has 0 aromatic carbocycles. The normalized spacial score (nSPS) is 31.3. The zero-order chi connectivity index (χ0) is 17.8. The molecule has 0 aromatic heterocycles. The lowest BCUT2D eigenvalue weighted by Gasteiger charge is -2.41. The van der Waals surface area contributed by atoms with Gasteiger partial charge in [0.2, 0.25) is 0 Å². The van der Waals surface area contributed by atoms with Gasteiger partial charge < -0.3 is 29.5 Å². The Hall–Kier alpha value is -0.760. The van der Waals surface area contributed by atoms with Crippen molar-refractivity contribution < 1.29 is 29.5 Å². The molecule has 0 bridgehead atoms. The van der Waals surface area contributed by atoms with Gasteiger partial charge in [-0.2, -0.15) is 0 Å². The van der Waals surface area contributed by atoms with Crippen molar-refractivity contribution in [2.75, 3.05) is 19.8 Å². The molecule has 1 fully saturated rings. The molecule has 0 radical (unpaired) electrons. The first kappa shape index (κ1) is 21.3. The Balaban J connectivity index is 2.57. The molecule has 1 aliphatic heterocycles. The van der Waals surface area contributed by atoms with Crippen LogP contribution in [-0.4, -0.2) is 65.8 Å². The molecule has 1 saturated heterocycles. The van der Waals surface area contributed by atoms with Crippen molar-refractivity contribution in [2.45, 2.75) is 70.2 Å². The van der Waals surface area contributed by atoms with E-state index in [-0.39, 0.29) is 6.61 Å². The molecule has 3 N–H and O–H groups in total. The Kier molecular flexibility index (Phi) is 11.2. The first-order valence-corrected chi connectivity index (χ1v) is 8.81. The fraction of sp³-hybridized carbons (Fsp3) is 0.778. The fourth-order valence-corrected chi connectivity index (χ4v) is 2.46. The van der Waals surface area contributed by atoms with Gasteiger partial charge in [0.1, 0.15) is 24.4 Å². The molecule has 1 rings (SSSR count). The van der Waals surface area contributed by atoms with E-state index in [1.165, 1.54) is 0 Å². The van der Waals surface area contributed by atoms with Gasteiger partial charge in [-0.15, -0.1) is 0 Å². The minimum atomic E-state index is -1.20. The summed E-state index contributed by atoms with van der Waals surface area (Å²) in [5.74, 6) is 0. The quantitative estimate of drug-likeness (QED) is 0.389. The van der Waals surface area contributed by atoms with Crippen LogP contribution in [0.25, 0.3) is 0 Å². The van der Waals surface area contributed by atoms with Crippen molar-refractivity contribution in [1.82, 2.24) is 0 Å². The van der Waals surface area contributed by atoms with E-state index in [4.69, 9.17) is 14.2 Å². The summed E-state index contributed by atoms with van der Waals surface area (Å²) < 4.78 is 16.9. The Morgan fingerprint density at radius 1 is 0.875 bits per heavy atom. The second kappa shape index (κ2) is 12.6. The third-order valence-electron chi connectivity index (χ3n) is 3.79. The molecule has 0 spiro atoms. The van der Waals surface area contributed by atoms with E-state index in [0.717, 1.165) is 19.3 Å². The van der Waals surface area contributed by atoms with Crippen molar-refractivity contribution in [1.29, 1.82) is 0 Å².